The lowest BCUT2D eigenvalue weighted by Crippen LogP contribution is -2.71. The third-order valence-electron chi connectivity index (χ3n) is 5.08. The van der Waals surface area contributed by atoms with E-state index in [4.69, 9.17) is 10.3 Å². The molecule has 4 N–H and O–H groups in total. The lowest BCUT2D eigenvalue weighted by molar-refractivity contribution is -0.500. The van der Waals surface area contributed by atoms with Crippen LogP contribution < -0.4 is 15.5 Å². The average molecular weight is 393 g/mol. The minimum Gasteiger partial charge on any atom is -0.442 e. The average Bonchev–Trinajstić information content (AvgIpc) is 3.24. The standard InChI is InChI=1S/C20H20N6O3/c1-12(27)23-11-18-17-9-15-8-13(2-4-16(15)26(17)20(28)29-18)14-3-5-19(24-10-14)22-6-7-25-21/h2-8,10,17-18,21H,9,11H2,1H3,(H,22,24)(H,23,27)/p+1/b7-6-,25-21?/t17-,18-/m0/s1. The Balaban J connectivity index is 1.52. The second kappa shape index (κ2) is 7.80. The number of nitrogens with two attached hydrogens (primary N) is 1. The Kier molecular flexibility index (Phi) is 5.05. The molecule has 2 amide bonds. The van der Waals surface area contributed by atoms with Gasteiger partial charge in [-0.2, -0.15) is 5.11 Å². The van der Waals surface area contributed by atoms with Crippen molar-refractivity contribution in [3.8, 4) is 11.1 Å². The maximum atomic E-state index is 12.3. The van der Waals surface area contributed by atoms with E-state index in [0.717, 1.165) is 28.2 Å². The first kappa shape index (κ1) is 18.8. The number of nitrogens with zero attached hydrogens (tertiary/aromatic N) is 3. The Labute approximate surface area is 167 Å². The Morgan fingerprint density at radius 1 is 1.41 bits per heavy atom. The van der Waals surface area contributed by atoms with Crippen LogP contribution in [0, 0.1) is 5.53 Å². The van der Waals surface area contributed by atoms with E-state index >= 15 is 0 Å². The number of cyclic esters (lactones) is 1. The van der Waals surface area contributed by atoms with Gasteiger partial charge in [0.15, 0.2) is 0 Å². The Hall–Kier alpha value is -3.59. The summed E-state index contributed by atoms with van der Waals surface area (Å²) in [5, 5.41) is 7.67. The Bertz CT molecular complexity index is 988. The minimum absolute atomic E-state index is 0.107. The number of anilines is 1. The van der Waals surface area contributed by atoms with E-state index in [1.165, 1.54) is 13.1 Å². The van der Waals surface area contributed by atoms with Crippen molar-refractivity contribution in [2.24, 2.45) is 5.11 Å². The molecule has 2 atom stereocenters. The molecule has 0 unspecified atom stereocenters. The molecular formula is C20H21N6O3+. The van der Waals surface area contributed by atoms with E-state index in [9.17, 15) is 9.59 Å². The van der Waals surface area contributed by atoms with Crippen LogP contribution >= 0.6 is 0 Å². The van der Waals surface area contributed by atoms with Crippen LogP contribution in [-0.4, -0.2) is 35.7 Å². The summed E-state index contributed by atoms with van der Waals surface area (Å²) in [6.07, 6.45) is 4.79. The van der Waals surface area contributed by atoms with Crippen molar-refractivity contribution in [3.05, 3.63) is 54.5 Å². The van der Waals surface area contributed by atoms with E-state index in [-0.39, 0.29) is 24.1 Å². The first-order valence-electron chi connectivity index (χ1n) is 9.27. The molecular weight excluding hydrogens is 372 g/mol. The van der Waals surface area contributed by atoms with Crippen LogP contribution in [0.25, 0.3) is 11.1 Å². The smallest absolute Gasteiger partial charge is 0.415 e. The zero-order chi connectivity index (χ0) is 20.4. The normalized spacial score (nSPS) is 19.8. The number of hydrogen-bond donors (Lipinski definition) is 3. The molecule has 0 bridgehead atoms. The monoisotopic (exact) mass is 393 g/mol. The second-order valence-corrected chi connectivity index (χ2v) is 6.95. The molecule has 0 aliphatic carbocycles. The number of aromatic nitrogens is 1. The van der Waals surface area contributed by atoms with E-state index in [2.05, 4.69) is 21.5 Å². The molecule has 0 spiro atoms. The summed E-state index contributed by atoms with van der Waals surface area (Å²) in [7, 11) is 0. The van der Waals surface area contributed by atoms with Gasteiger partial charge in [0, 0.05) is 24.8 Å². The van der Waals surface area contributed by atoms with Crippen LogP contribution in [0.2, 0.25) is 0 Å². The molecule has 1 aromatic carbocycles. The van der Waals surface area contributed by atoms with Crippen LogP contribution in [0.1, 0.15) is 12.5 Å². The van der Waals surface area contributed by atoms with Crippen molar-refractivity contribution < 1.29 is 19.6 Å². The molecule has 0 saturated carbocycles. The van der Waals surface area contributed by atoms with E-state index in [0.29, 0.717) is 13.0 Å². The van der Waals surface area contributed by atoms with Gasteiger partial charge in [0.05, 0.1) is 18.3 Å². The van der Waals surface area contributed by atoms with Gasteiger partial charge in [-0.25, -0.2) is 15.3 Å². The number of hydrogen-bond acceptors (Lipinski definition) is 6. The molecule has 9 nitrogen and oxygen atoms in total. The largest absolute Gasteiger partial charge is 0.442 e. The highest BCUT2D eigenvalue weighted by molar-refractivity contribution is 5.94. The second-order valence-electron chi connectivity index (χ2n) is 6.95. The summed E-state index contributed by atoms with van der Waals surface area (Å²) >= 11 is 0. The summed E-state index contributed by atoms with van der Waals surface area (Å²) < 4.78 is 5.44. The molecule has 9 heteroatoms. The molecule has 4 rings (SSSR count). The highest BCUT2D eigenvalue weighted by Crippen LogP contribution is 2.40. The highest BCUT2D eigenvalue weighted by atomic mass is 16.6. The van der Waals surface area contributed by atoms with Gasteiger partial charge in [-0.15, -0.1) is 0 Å². The summed E-state index contributed by atoms with van der Waals surface area (Å²) in [5.74, 6) is 0.633. The molecule has 2 aliphatic heterocycles. The van der Waals surface area contributed by atoms with E-state index < -0.39 is 0 Å². The molecule has 1 aromatic heterocycles. The van der Waals surface area contributed by atoms with Gasteiger partial charge in [-0.3, -0.25) is 15.0 Å². The molecule has 2 aliphatic rings. The first-order chi connectivity index (χ1) is 14.1. The number of benzene rings is 1. The fourth-order valence-corrected chi connectivity index (χ4v) is 3.74. The van der Waals surface area contributed by atoms with Crippen molar-refractivity contribution >= 4 is 23.5 Å². The van der Waals surface area contributed by atoms with Crippen LogP contribution in [0.15, 0.2) is 54.0 Å². The number of fused-ring (bicyclic) bond motifs is 3. The molecule has 29 heavy (non-hydrogen) atoms. The van der Waals surface area contributed by atoms with Crippen LogP contribution in [-0.2, 0) is 16.0 Å². The number of pyridine rings is 1. The summed E-state index contributed by atoms with van der Waals surface area (Å²) in [4.78, 5) is 29.6. The lowest BCUT2D eigenvalue weighted by atomic mass is 10.0. The highest BCUT2D eigenvalue weighted by Gasteiger charge is 2.47. The predicted octanol–water partition coefficient (Wildman–Crippen LogP) is 1.83. The van der Waals surface area contributed by atoms with Crippen molar-refractivity contribution in [2.45, 2.75) is 25.5 Å². The van der Waals surface area contributed by atoms with Crippen LogP contribution in [0.3, 0.4) is 0 Å². The van der Waals surface area contributed by atoms with Crippen molar-refractivity contribution in [3.63, 3.8) is 0 Å². The topological polar surface area (TPSA) is 124 Å². The summed E-state index contributed by atoms with van der Waals surface area (Å²) in [6, 6.07) is 9.76. The molecule has 148 valence electrons. The number of rotatable bonds is 6. The van der Waals surface area contributed by atoms with Gasteiger partial charge in [0.25, 0.3) is 0 Å². The van der Waals surface area contributed by atoms with Crippen molar-refractivity contribution in [1.29, 1.82) is 5.53 Å². The predicted molar refractivity (Wildman–Crippen MR) is 104 cm³/mol. The third-order valence-corrected chi connectivity index (χ3v) is 5.08. The molecule has 2 aromatic rings. The fourth-order valence-electron chi connectivity index (χ4n) is 3.74. The number of ether oxygens (including phenoxy) is 1. The number of amides is 2. The third kappa shape index (κ3) is 3.72. The maximum Gasteiger partial charge on any atom is 0.415 e. The van der Waals surface area contributed by atoms with Crippen molar-refractivity contribution in [1.82, 2.24) is 10.3 Å². The van der Waals surface area contributed by atoms with Gasteiger partial charge in [0.1, 0.15) is 18.5 Å². The van der Waals surface area contributed by atoms with Gasteiger partial charge in [0.2, 0.25) is 11.7 Å². The number of quaternary nitrogens is 1. The summed E-state index contributed by atoms with van der Waals surface area (Å²) in [6.45, 7) is 1.76. The van der Waals surface area contributed by atoms with Gasteiger partial charge in [-0.1, -0.05) is 6.07 Å². The number of nitrogens with one attached hydrogen (secondary N) is 2. The molecule has 3 heterocycles. The van der Waals surface area contributed by atoms with E-state index in [1.54, 1.807) is 22.6 Å². The van der Waals surface area contributed by atoms with Gasteiger partial charge in [-0.05, 0) is 35.7 Å². The Morgan fingerprint density at radius 3 is 2.97 bits per heavy atom. The lowest BCUT2D eigenvalue weighted by Gasteiger charge is -2.16. The summed E-state index contributed by atoms with van der Waals surface area (Å²) in [5.41, 5.74) is 10.7. The quantitative estimate of drug-likeness (QED) is 0.648. The van der Waals surface area contributed by atoms with Gasteiger partial charge < -0.3 is 10.1 Å². The maximum absolute atomic E-state index is 12.3. The molecule has 1 fully saturated rings. The molecule has 0 radical (unpaired) electrons. The first-order valence-corrected chi connectivity index (χ1v) is 9.27. The molecule has 1 saturated heterocycles. The SMILES string of the molecule is CC(=O)NC[C@@H]1OC(=O)N2c3ccc(-c4ccc([NH2+]/C=C\N=N)nc4)cc3C[C@@H]12. The zero-order valence-corrected chi connectivity index (χ0v) is 15.8. The van der Waals surface area contributed by atoms with Crippen LogP contribution in [0.4, 0.5) is 16.3 Å². The van der Waals surface area contributed by atoms with E-state index in [1.807, 2.05) is 24.3 Å². The minimum atomic E-state index is -0.370. The van der Waals surface area contributed by atoms with Gasteiger partial charge >= 0.3 is 6.09 Å². The fraction of sp³-hybridized carbons (Fsp3) is 0.250. The van der Waals surface area contributed by atoms with Crippen LogP contribution in [0.5, 0.6) is 0 Å². The Morgan fingerprint density at radius 2 is 2.24 bits per heavy atom. The number of carbonyl (C=O) groups excluding carboxylic acids is 2. The van der Waals surface area contributed by atoms with Crippen molar-refractivity contribution in [2.75, 3.05) is 11.4 Å². The zero-order valence-electron chi connectivity index (χ0n) is 15.8. The number of carbonyl (C=O) groups is 2.